The molecule has 0 unspecified atom stereocenters. The van der Waals surface area contributed by atoms with Crippen molar-refractivity contribution in [3.63, 3.8) is 0 Å². The normalized spacial score (nSPS) is 11.2. The highest BCUT2D eigenvalue weighted by atomic mass is 35.5. The Morgan fingerprint density at radius 2 is 2.00 bits per heavy atom. The van der Waals surface area contributed by atoms with Crippen molar-refractivity contribution < 1.29 is 0 Å². The van der Waals surface area contributed by atoms with Crippen LogP contribution in [0.25, 0.3) is 0 Å². The van der Waals surface area contributed by atoms with Gasteiger partial charge in [0.2, 0.25) is 0 Å². The summed E-state index contributed by atoms with van der Waals surface area (Å²) in [6.07, 6.45) is 0.722. The SMILES string of the molecule is CC(C)Cn1c(CN)nnc1Cc1cccc(Cl)c1. The smallest absolute Gasteiger partial charge is 0.146 e. The minimum absolute atomic E-state index is 0.412. The summed E-state index contributed by atoms with van der Waals surface area (Å²) >= 11 is 6.00. The fourth-order valence-electron chi connectivity index (χ4n) is 2.06. The van der Waals surface area contributed by atoms with Crippen LogP contribution in [-0.2, 0) is 19.5 Å². The van der Waals surface area contributed by atoms with Crippen LogP contribution >= 0.6 is 11.6 Å². The average Bonchev–Trinajstić information content (AvgIpc) is 2.71. The number of halogens is 1. The Bertz CT molecular complexity index is 548. The van der Waals surface area contributed by atoms with Crippen molar-refractivity contribution in [1.29, 1.82) is 0 Å². The molecule has 1 aromatic carbocycles. The third kappa shape index (κ3) is 3.55. The van der Waals surface area contributed by atoms with Crippen LogP contribution in [0.1, 0.15) is 31.1 Å². The topological polar surface area (TPSA) is 56.7 Å². The van der Waals surface area contributed by atoms with E-state index in [1.54, 1.807) is 0 Å². The Balaban J connectivity index is 2.27. The number of benzene rings is 1. The van der Waals surface area contributed by atoms with E-state index in [2.05, 4.69) is 28.6 Å². The van der Waals surface area contributed by atoms with Gasteiger partial charge in [-0.15, -0.1) is 10.2 Å². The average molecular weight is 279 g/mol. The summed E-state index contributed by atoms with van der Waals surface area (Å²) in [5.41, 5.74) is 6.85. The van der Waals surface area contributed by atoms with Gasteiger partial charge in [-0.1, -0.05) is 37.6 Å². The van der Waals surface area contributed by atoms with Crippen molar-refractivity contribution in [2.45, 2.75) is 33.4 Å². The quantitative estimate of drug-likeness (QED) is 0.915. The maximum Gasteiger partial charge on any atom is 0.146 e. The molecule has 0 bridgehead atoms. The lowest BCUT2D eigenvalue weighted by atomic mass is 10.1. The molecule has 0 atom stereocenters. The van der Waals surface area contributed by atoms with E-state index in [1.165, 1.54) is 0 Å². The predicted octanol–water partition coefficient (Wildman–Crippen LogP) is 2.64. The first kappa shape index (κ1) is 14.0. The highest BCUT2D eigenvalue weighted by Gasteiger charge is 2.12. The van der Waals surface area contributed by atoms with E-state index in [1.807, 2.05) is 24.3 Å². The van der Waals surface area contributed by atoms with Crippen molar-refractivity contribution in [2.24, 2.45) is 11.7 Å². The van der Waals surface area contributed by atoms with E-state index in [0.29, 0.717) is 12.5 Å². The Labute approximate surface area is 118 Å². The number of aromatic nitrogens is 3. The molecule has 4 nitrogen and oxygen atoms in total. The zero-order valence-corrected chi connectivity index (χ0v) is 12.1. The number of hydrogen-bond acceptors (Lipinski definition) is 3. The van der Waals surface area contributed by atoms with Crippen LogP contribution in [0.15, 0.2) is 24.3 Å². The van der Waals surface area contributed by atoms with Gasteiger partial charge in [-0.2, -0.15) is 0 Å². The first-order valence-electron chi connectivity index (χ1n) is 6.45. The molecule has 2 N–H and O–H groups in total. The molecule has 0 fully saturated rings. The van der Waals surface area contributed by atoms with Crippen LogP contribution in [0.3, 0.4) is 0 Å². The highest BCUT2D eigenvalue weighted by Crippen LogP contribution is 2.15. The van der Waals surface area contributed by atoms with Crippen molar-refractivity contribution in [1.82, 2.24) is 14.8 Å². The molecule has 1 heterocycles. The lowest BCUT2D eigenvalue weighted by molar-refractivity contribution is 0.495. The summed E-state index contributed by atoms with van der Waals surface area (Å²) in [5.74, 6) is 2.31. The number of hydrogen-bond donors (Lipinski definition) is 1. The van der Waals surface area contributed by atoms with Gasteiger partial charge in [0.15, 0.2) is 0 Å². The van der Waals surface area contributed by atoms with Gasteiger partial charge in [0.25, 0.3) is 0 Å². The van der Waals surface area contributed by atoms with Crippen LogP contribution < -0.4 is 5.73 Å². The molecule has 0 aliphatic heterocycles. The van der Waals surface area contributed by atoms with Gasteiger partial charge in [-0.3, -0.25) is 0 Å². The molecular formula is C14H19ClN4. The fourth-order valence-corrected chi connectivity index (χ4v) is 2.27. The first-order chi connectivity index (χ1) is 9.10. The van der Waals surface area contributed by atoms with Gasteiger partial charge in [0.05, 0.1) is 6.54 Å². The number of rotatable bonds is 5. The predicted molar refractivity (Wildman–Crippen MR) is 77.0 cm³/mol. The molecule has 0 spiro atoms. The molecule has 0 saturated heterocycles. The molecule has 102 valence electrons. The van der Waals surface area contributed by atoms with E-state index in [0.717, 1.165) is 35.2 Å². The second-order valence-corrected chi connectivity index (χ2v) is 5.48. The van der Waals surface area contributed by atoms with E-state index in [9.17, 15) is 0 Å². The third-order valence-corrected chi connectivity index (χ3v) is 3.12. The van der Waals surface area contributed by atoms with Gasteiger partial charge in [-0.05, 0) is 23.6 Å². The Morgan fingerprint density at radius 1 is 1.26 bits per heavy atom. The van der Waals surface area contributed by atoms with Crippen LogP contribution in [0.2, 0.25) is 5.02 Å². The summed E-state index contributed by atoms with van der Waals surface area (Å²) in [6.45, 7) is 5.64. The second-order valence-electron chi connectivity index (χ2n) is 5.05. The van der Waals surface area contributed by atoms with Crippen molar-refractivity contribution in [3.8, 4) is 0 Å². The van der Waals surface area contributed by atoms with Gasteiger partial charge in [0.1, 0.15) is 11.6 Å². The Morgan fingerprint density at radius 3 is 2.63 bits per heavy atom. The standard InChI is InChI=1S/C14H19ClN4/c1-10(2)9-19-13(17-18-14(19)8-16)7-11-4-3-5-12(15)6-11/h3-6,10H,7-9,16H2,1-2H3. The summed E-state index contributed by atoms with van der Waals surface area (Å²) in [4.78, 5) is 0. The van der Waals surface area contributed by atoms with Crippen LogP contribution in [-0.4, -0.2) is 14.8 Å². The maximum absolute atomic E-state index is 6.00. The molecule has 0 amide bonds. The van der Waals surface area contributed by atoms with E-state index < -0.39 is 0 Å². The fraction of sp³-hybridized carbons (Fsp3) is 0.429. The van der Waals surface area contributed by atoms with Crippen molar-refractivity contribution in [3.05, 3.63) is 46.5 Å². The number of nitrogens with zero attached hydrogens (tertiary/aromatic N) is 3. The highest BCUT2D eigenvalue weighted by molar-refractivity contribution is 6.30. The third-order valence-electron chi connectivity index (χ3n) is 2.89. The Kier molecular flexibility index (Phi) is 4.56. The van der Waals surface area contributed by atoms with Gasteiger partial charge in [0, 0.05) is 18.0 Å². The maximum atomic E-state index is 6.00. The molecule has 2 aromatic rings. The summed E-state index contributed by atoms with van der Waals surface area (Å²) < 4.78 is 2.12. The molecule has 0 aliphatic carbocycles. The van der Waals surface area contributed by atoms with Gasteiger partial charge >= 0.3 is 0 Å². The van der Waals surface area contributed by atoms with Crippen molar-refractivity contribution in [2.75, 3.05) is 0 Å². The van der Waals surface area contributed by atoms with E-state index in [-0.39, 0.29) is 0 Å². The summed E-state index contributed by atoms with van der Waals surface area (Å²) in [6, 6.07) is 7.82. The lowest BCUT2D eigenvalue weighted by Gasteiger charge is -2.12. The molecular weight excluding hydrogens is 260 g/mol. The largest absolute Gasteiger partial charge is 0.324 e. The molecule has 0 saturated carbocycles. The van der Waals surface area contributed by atoms with Gasteiger partial charge < -0.3 is 10.3 Å². The second kappa shape index (κ2) is 6.17. The summed E-state index contributed by atoms with van der Waals surface area (Å²) in [7, 11) is 0. The van der Waals surface area contributed by atoms with Crippen LogP contribution in [0.4, 0.5) is 0 Å². The Hall–Kier alpha value is -1.39. The minimum Gasteiger partial charge on any atom is -0.324 e. The number of nitrogens with two attached hydrogens (primary N) is 1. The zero-order valence-electron chi connectivity index (χ0n) is 11.3. The lowest BCUT2D eigenvalue weighted by Crippen LogP contribution is -2.14. The summed E-state index contributed by atoms with van der Waals surface area (Å²) in [5, 5.41) is 9.16. The molecule has 2 rings (SSSR count). The van der Waals surface area contributed by atoms with E-state index >= 15 is 0 Å². The molecule has 5 heteroatoms. The first-order valence-corrected chi connectivity index (χ1v) is 6.83. The monoisotopic (exact) mass is 278 g/mol. The van der Waals surface area contributed by atoms with E-state index in [4.69, 9.17) is 17.3 Å². The molecule has 0 radical (unpaired) electrons. The molecule has 19 heavy (non-hydrogen) atoms. The van der Waals surface area contributed by atoms with Crippen LogP contribution in [0.5, 0.6) is 0 Å². The molecule has 0 aliphatic rings. The van der Waals surface area contributed by atoms with Crippen LogP contribution in [0, 0.1) is 5.92 Å². The minimum atomic E-state index is 0.412. The molecule has 1 aromatic heterocycles. The van der Waals surface area contributed by atoms with Crippen molar-refractivity contribution >= 4 is 11.6 Å². The van der Waals surface area contributed by atoms with Gasteiger partial charge in [-0.25, -0.2) is 0 Å². The zero-order chi connectivity index (χ0) is 13.8.